The molecule has 0 spiro atoms. The van der Waals surface area contributed by atoms with Crippen molar-refractivity contribution in [2.45, 2.75) is 59.4 Å². The second kappa shape index (κ2) is 13.4. The number of piperazine rings is 1. The van der Waals surface area contributed by atoms with E-state index in [4.69, 9.17) is 4.99 Å². The average molecular weight is 560 g/mol. The van der Waals surface area contributed by atoms with Crippen LogP contribution in [0.4, 0.5) is 0 Å². The number of hydrogen-bond donors (Lipinski definition) is 1. The predicted molar refractivity (Wildman–Crippen MR) is 141 cm³/mol. The zero-order valence-corrected chi connectivity index (χ0v) is 22.7. The maximum absolute atomic E-state index is 12.6. The number of piperidine rings is 1. The minimum Gasteiger partial charge on any atom is -0.357 e. The molecule has 0 saturated carbocycles. The van der Waals surface area contributed by atoms with E-state index < -0.39 is 0 Å². The molecule has 0 radical (unpaired) electrons. The molecule has 1 aromatic rings. The van der Waals surface area contributed by atoms with Crippen LogP contribution in [0.5, 0.6) is 0 Å². The van der Waals surface area contributed by atoms with Crippen molar-refractivity contribution < 1.29 is 4.79 Å². The third-order valence-electron chi connectivity index (χ3n) is 6.49. The van der Waals surface area contributed by atoms with Crippen LogP contribution in [-0.2, 0) is 31.2 Å². The van der Waals surface area contributed by atoms with Crippen molar-refractivity contribution in [2.24, 2.45) is 12.0 Å². The average Bonchev–Trinajstić information content (AvgIpc) is 3.12. The standard InChI is InChI=1S/C23H41N7O.HI/c1-5-20-19(21(6-2)27(4)26-20)17-25-23(24-7-3)30-15-13-28(14-16-30)18-22(31)29-11-9-8-10-12-29;/h5-18H2,1-4H3,(H,24,25);1H. The summed E-state index contributed by atoms with van der Waals surface area (Å²) in [6.07, 6.45) is 5.46. The maximum Gasteiger partial charge on any atom is 0.236 e. The minimum atomic E-state index is 0. The molecule has 8 nitrogen and oxygen atoms in total. The summed E-state index contributed by atoms with van der Waals surface area (Å²) in [5, 5.41) is 8.15. The fraction of sp³-hybridized carbons (Fsp3) is 0.783. The Hall–Kier alpha value is -1.36. The third-order valence-corrected chi connectivity index (χ3v) is 6.49. The fourth-order valence-electron chi connectivity index (χ4n) is 4.70. The lowest BCUT2D eigenvalue weighted by Crippen LogP contribution is -2.54. The van der Waals surface area contributed by atoms with Crippen LogP contribution in [0.15, 0.2) is 4.99 Å². The van der Waals surface area contributed by atoms with Gasteiger partial charge in [0.1, 0.15) is 0 Å². The van der Waals surface area contributed by atoms with Crippen LogP contribution in [0.2, 0.25) is 0 Å². The molecule has 2 aliphatic heterocycles. The molecule has 2 fully saturated rings. The van der Waals surface area contributed by atoms with Gasteiger partial charge in [-0.15, -0.1) is 24.0 Å². The van der Waals surface area contributed by atoms with E-state index in [2.05, 4.69) is 41.0 Å². The number of carbonyl (C=O) groups is 1. The van der Waals surface area contributed by atoms with Gasteiger partial charge >= 0.3 is 0 Å². The van der Waals surface area contributed by atoms with Gasteiger partial charge in [0.25, 0.3) is 0 Å². The molecule has 0 bridgehead atoms. The number of guanidine groups is 1. The van der Waals surface area contributed by atoms with Crippen molar-refractivity contribution >= 4 is 35.8 Å². The molecule has 9 heteroatoms. The van der Waals surface area contributed by atoms with E-state index >= 15 is 0 Å². The van der Waals surface area contributed by atoms with Gasteiger partial charge in [0.05, 0.1) is 18.8 Å². The lowest BCUT2D eigenvalue weighted by atomic mass is 10.1. The van der Waals surface area contributed by atoms with E-state index in [-0.39, 0.29) is 24.0 Å². The molecule has 3 rings (SSSR count). The quantitative estimate of drug-likeness (QED) is 0.316. The van der Waals surface area contributed by atoms with Gasteiger partial charge in [0, 0.05) is 64.1 Å². The lowest BCUT2D eigenvalue weighted by Gasteiger charge is -2.37. The van der Waals surface area contributed by atoms with Crippen molar-refractivity contribution in [3.63, 3.8) is 0 Å². The summed E-state index contributed by atoms with van der Waals surface area (Å²) < 4.78 is 2.01. The van der Waals surface area contributed by atoms with E-state index in [9.17, 15) is 4.79 Å². The van der Waals surface area contributed by atoms with Gasteiger partial charge in [-0.05, 0) is 39.0 Å². The molecule has 1 amide bonds. The molecule has 32 heavy (non-hydrogen) atoms. The number of halogens is 1. The molecule has 0 atom stereocenters. The van der Waals surface area contributed by atoms with E-state index in [0.717, 1.165) is 83.2 Å². The van der Waals surface area contributed by atoms with Crippen LogP contribution in [0.3, 0.4) is 0 Å². The molecular weight excluding hydrogens is 517 g/mol. The SMILES string of the molecule is CCNC(=NCc1c(CC)nn(C)c1CC)N1CCN(CC(=O)N2CCCCC2)CC1.I. The molecule has 2 aliphatic rings. The van der Waals surface area contributed by atoms with E-state index in [0.29, 0.717) is 19.0 Å². The van der Waals surface area contributed by atoms with Crippen LogP contribution < -0.4 is 5.32 Å². The highest BCUT2D eigenvalue weighted by Gasteiger charge is 2.24. The predicted octanol–water partition coefficient (Wildman–Crippen LogP) is 2.26. The van der Waals surface area contributed by atoms with Crippen LogP contribution in [0.1, 0.15) is 57.0 Å². The van der Waals surface area contributed by atoms with Crippen molar-refractivity contribution in [3.05, 3.63) is 17.0 Å². The topological polar surface area (TPSA) is 69.0 Å². The number of carbonyl (C=O) groups excluding carboxylic acids is 1. The highest BCUT2D eigenvalue weighted by atomic mass is 127. The van der Waals surface area contributed by atoms with Gasteiger partial charge in [0.15, 0.2) is 5.96 Å². The zero-order valence-electron chi connectivity index (χ0n) is 20.4. The number of likely N-dealkylation sites (tertiary alicyclic amines) is 1. The molecule has 2 saturated heterocycles. The Balaban J connectivity index is 0.00000363. The third kappa shape index (κ3) is 6.82. The number of aryl methyl sites for hydroxylation is 2. The summed E-state index contributed by atoms with van der Waals surface area (Å²) >= 11 is 0. The number of rotatable bonds is 7. The first-order valence-electron chi connectivity index (χ1n) is 12.1. The second-order valence-electron chi connectivity index (χ2n) is 8.58. The van der Waals surface area contributed by atoms with E-state index in [1.54, 1.807) is 0 Å². The Bertz CT molecular complexity index is 750. The number of nitrogens with one attached hydrogen (secondary N) is 1. The second-order valence-corrected chi connectivity index (χ2v) is 8.58. The first-order valence-corrected chi connectivity index (χ1v) is 12.1. The number of aliphatic imine (C=N–C) groups is 1. The summed E-state index contributed by atoms with van der Waals surface area (Å²) in [5.74, 6) is 1.27. The normalized spacial score (nSPS) is 17.9. The highest BCUT2D eigenvalue weighted by molar-refractivity contribution is 14.0. The number of aromatic nitrogens is 2. The maximum atomic E-state index is 12.6. The van der Waals surface area contributed by atoms with Crippen LogP contribution in [0.25, 0.3) is 0 Å². The van der Waals surface area contributed by atoms with Gasteiger partial charge < -0.3 is 15.1 Å². The summed E-state index contributed by atoms with van der Waals surface area (Å²) in [4.78, 5) is 24.2. The van der Waals surface area contributed by atoms with Crippen molar-refractivity contribution in [2.75, 3.05) is 52.4 Å². The van der Waals surface area contributed by atoms with E-state index in [1.165, 1.54) is 17.7 Å². The lowest BCUT2D eigenvalue weighted by molar-refractivity contribution is -0.133. The van der Waals surface area contributed by atoms with Crippen molar-refractivity contribution in [1.29, 1.82) is 0 Å². The first-order chi connectivity index (χ1) is 15.1. The molecule has 1 N–H and O–H groups in total. The van der Waals surface area contributed by atoms with Gasteiger partial charge in [-0.25, -0.2) is 4.99 Å². The number of hydrogen-bond acceptors (Lipinski definition) is 4. The van der Waals surface area contributed by atoms with Gasteiger partial charge in [-0.1, -0.05) is 13.8 Å². The van der Waals surface area contributed by atoms with Crippen LogP contribution >= 0.6 is 24.0 Å². The summed E-state index contributed by atoms with van der Waals surface area (Å²) in [7, 11) is 2.03. The van der Waals surface area contributed by atoms with E-state index in [1.807, 2.05) is 16.6 Å². The Morgan fingerprint density at radius 1 is 0.969 bits per heavy atom. The molecule has 0 unspecified atom stereocenters. The number of amides is 1. The molecule has 1 aromatic heterocycles. The summed E-state index contributed by atoms with van der Waals surface area (Å²) in [6.45, 7) is 14.0. The monoisotopic (exact) mass is 559 g/mol. The largest absolute Gasteiger partial charge is 0.357 e. The van der Waals surface area contributed by atoms with Crippen molar-refractivity contribution in [3.8, 4) is 0 Å². The molecule has 0 aromatic carbocycles. The molecule has 182 valence electrons. The Morgan fingerprint density at radius 2 is 1.66 bits per heavy atom. The molecular formula is C23H42IN7O. The highest BCUT2D eigenvalue weighted by Crippen LogP contribution is 2.17. The first kappa shape index (κ1) is 26.9. The van der Waals surface area contributed by atoms with Crippen LogP contribution in [-0.4, -0.2) is 88.7 Å². The van der Waals surface area contributed by atoms with Gasteiger partial charge in [-0.2, -0.15) is 5.10 Å². The fourth-order valence-corrected chi connectivity index (χ4v) is 4.70. The van der Waals surface area contributed by atoms with Gasteiger partial charge in [-0.3, -0.25) is 14.4 Å². The molecule has 0 aliphatic carbocycles. The smallest absolute Gasteiger partial charge is 0.236 e. The summed E-state index contributed by atoms with van der Waals surface area (Å²) in [6, 6.07) is 0. The number of nitrogens with zero attached hydrogens (tertiary/aromatic N) is 6. The van der Waals surface area contributed by atoms with Crippen LogP contribution in [0, 0.1) is 0 Å². The summed E-state index contributed by atoms with van der Waals surface area (Å²) in [5.41, 5.74) is 3.70. The Kier molecular flexibility index (Phi) is 11.2. The zero-order chi connectivity index (χ0) is 22.2. The minimum absolute atomic E-state index is 0. The Morgan fingerprint density at radius 3 is 2.25 bits per heavy atom. The van der Waals surface area contributed by atoms with Crippen molar-refractivity contribution in [1.82, 2.24) is 29.8 Å². The Labute approximate surface area is 210 Å². The molecule has 3 heterocycles. The van der Waals surface area contributed by atoms with Gasteiger partial charge in [0.2, 0.25) is 5.91 Å².